The monoisotopic (exact) mass is 440 g/mol. The smallest absolute Gasteiger partial charge is 0.233 e. The van der Waals surface area contributed by atoms with Gasteiger partial charge in [0.2, 0.25) is 21.8 Å². The Morgan fingerprint density at radius 1 is 1.30 bits per heavy atom. The van der Waals surface area contributed by atoms with Crippen molar-refractivity contribution in [3.05, 3.63) is 12.2 Å². The SMILES string of the molecule is CCC#CC[C@H](C)[C@H](O)C=CC1CCC(=O)N1CCCCCCC(=O)NS(C)(=O)=O. The molecule has 8 heteroatoms. The number of nitrogens with zero attached hydrogens (tertiary/aromatic N) is 1. The first-order chi connectivity index (χ1) is 14.1. The lowest BCUT2D eigenvalue weighted by atomic mass is 10.00. The molecule has 0 spiro atoms. The maximum absolute atomic E-state index is 12.2. The van der Waals surface area contributed by atoms with Gasteiger partial charge in [0.1, 0.15) is 0 Å². The topological polar surface area (TPSA) is 104 Å². The van der Waals surface area contributed by atoms with Crippen molar-refractivity contribution in [2.75, 3.05) is 12.8 Å². The molecule has 1 aliphatic rings. The van der Waals surface area contributed by atoms with Gasteiger partial charge in [-0.25, -0.2) is 8.42 Å². The average Bonchev–Trinajstić information content (AvgIpc) is 3.01. The van der Waals surface area contributed by atoms with Gasteiger partial charge in [-0.05, 0) is 25.2 Å². The predicted octanol–water partition coefficient (Wildman–Crippen LogP) is 2.36. The van der Waals surface area contributed by atoms with E-state index in [9.17, 15) is 23.1 Å². The van der Waals surface area contributed by atoms with Gasteiger partial charge in [-0.2, -0.15) is 0 Å². The highest BCUT2D eigenvalue weighted by molar-refractivity contribution is 7.89. The minimum atomic E-state index is -3.49. The zero-order valence-corrected chi connectivity index (χ0v) is 19.2. The van der Waals surface area contributed by atoms with Crippen LogP contribution in [0.2, 0.25) is 0 Å². The van der Waals surface area contributed by atoms with Gasteiger partial charge in [0, 0.05) is 32.2 Å². The van der Waals surface area contributed by atoms with Gasteiger partial charge in [0.05, 0.1) is 18.4 Å². The molecule has 0 bridgehead atoms. The largest absolute Gasteiger partial charge is 0.389 e. The predicted molar refractivity (Wildman–Crippen MR) is 118 cm³/mol. The van der Waals surface area contributed by atoms with Crippen molar-refractivity contribution < 1.29 is 23.1 Å². The number of amides is 2. The van der Waals surface area contributed by atoms with Crippen molar-refractivity contribution in [1.29, 1.82) is 0 Å². The van der Waals surface area contributed by atoms with Crippen LogP contribution >= 0.6 is 0 Å². The lowest BCUT2D eigenvalue weighted by molar-refractivity contribution is -0.128. The van der Waals surface area contributed by atoms with Gasteiger partial charge < -0.3 is 10.0 Å². The third-order valence-corrected chi connectivity index (χ3v) is 5.66. The molecule has 0 aromatic heterocycles. The Balaban J connectivity index is 2.35. The Hall–Kier alpha value is -1.85. The quantitative estimate of drug-likeness (QED) is 0.275. The van der Waals surface area contributed by atoms with Gasteiger partial charge in [-0.3, -0.25) is 14.3 Å². The summed E-state index contributed by atoms with van der Waals surface area (Å²) in [6.07, 6.45) is 10.1. The van der Waals surface area contributed by atoms with E-state index in [4.69, 9.17) is 0 Å². The molecule has 1 saturated heterocycles. The Labute approximate surface area is 181 Å². The molecule has 0 radical (unpaired) electrons. The van der Waals surface area contributed by atoms with Crippen LogP contribution in [0.25, 0.3) is 0 Å². The molecule has 1 rings (SSSR count). The van der Waals surface area contributed by atoms with E-state index in [1.165, 1.54) is 0 Å². The summed E-state index contributed by atoms with van der Waals surface area (Å²) in [5, 5.41) is 10.3. The molecule has 1 fully saturated rings. The standard InChI is InChI=1S/C22H36N2O5S/c1-4-5-8-11-18(2)20(25)15-13-19-14-16-22(27)24(19)17-10-7-6-9-12-21(26)23-30(3,28)29/h13,15,18-20,25H,4,6-7,9-12,14,16-17H2,1-3H3,(H,23,26)/t18-,19?,20+/m0/s1. The Morgan fingerprint density at radius 3 is 2.67 bits per heavy atom. The van der Waals surface area contributed by atoms with Crippen LogP contribution in [0.15, 0.2) is 12.2 Å². The minimum absolute atomic E-state index is 0.0154. The number of carbonyl (C=O) groups is 2. The van der Waals surface area contributed by atoms with Crippen LogP contribution < -0.4 is 4.72 Å². The first-order valence-corrected chi connectivity index (χ1v) is 12.7. The van der Waals surface area contributed by atoms with E-state index in [1.54, 1.807) is 6.08 Å². The van der Waals surface area contributed by atoms with E-state index in [2.05, 4.69) is 11.8 Å². The van der Waals surface area contributed by atoms with Crippen LogP contribution in [-0.4, -0.2) is 55.2 Å². The highest BCUT2D eigenvalue weighted by Crippen LogP contribution is 2.22. The number of unbranched alkanes of at least 4 members (excludes halogenated alkanes) is 3. The van der Waals surface area contributed by atoms with Crippen LogP contribution in [0.1, 0.15) is 71.6 Å². The molecule has 0 aliphatic carbocycles. The van der Waals surface area contributed by atoms with E-state index in [-0.39, 0.29) is 24.3 Å². The molecule has 1 aliphatic heterocycles. The van der Waals surface area contributed by atoms with Crippen LogP contribution in [0.4, 0.5) is 0 Å². The third-order valence-electron chi connectivity index (χ3n) is 5.07. The summed E-state index contributed by atoms with van der Waals surface area (Å²) in [7, 11) is -3.49. The number of nitrogens with one attached hydrogen (secondary N) is 1. The summed E-state index contributed by atoms with van der Waals surface area (Å²) in [5.41, 5.74) is 0. The Morgan fingerprint density at radius 2 is 2.00 bits per heavy atom. The number of hydrogen-bond acceptors (Lipinski definition) is 5. The van der Waals surface area contributed by atoms with Gasteiger partial charge in [0.25, 0.3) is 0 Å². The highest BCUT2D eigenvalue weighted by atomic mass is 32.2. The van der Waals surface area contributed by atoms with Crippen molar-refractivity contribution in [3.63, 3.8) is 0 Å². The van der Waals surface area contributed by atoms with Gasteiger partial charge in [-0.15, -0.1) is 11.8 Å². The van der Waals surface area contributed by atoms with Gasteiger partial charge >= 0.3 is 0 Å². The number of hydrogen-bond donors (Lipinski definition) is 2. The van der Waals surface area contributed by atoms with Crippen molar-refractivity contribution in [2.45, 2.75) is 83.8 Å². The van der Waals surface area contributed by atoms with Crippen molar-refractivity contribution in [1.82, 2.24) is 9.62 Å². The molecule has 7 nitrogen and oxygen atoms in total. The molecule has 2 amide bonds. The summed E-state index contributed by atoms with van der Waals surface area (Å²) in [6, 6.07) is 0.0154. The molecule has 170 valence electrons. The van der Waals surface area contributed by atoms with Crippen LogP contribution in [0.5, 0.6) is 0 Å². The number of aliphatic hydroxyl groups excluding tert-OH is 1. The first-order valence-electron chi connectivity index (χ1n) is 10.8. The Bertz CT molecular complexity index is 751. The maximum atomic E-state index is 12.2. The molecule has 2 N–H and O–H groups in total. The Kier molecular flexibility index (Phi) is 11.7. The van der Waals surface area contributed by atoms with E-state index in [0.29, 0.717) is 25.8 Å². The van der Waals surface area contributed by atoms with Crippen molar-refractivity contribution >= 4 is 21.8 Å². The van der Waals surface area contributed by atoms with Gasteiger partial charge in [0.15, 0.2) is 0 Å². The summed E-state index contributed by atoms with van der Waals surface area (Å²) in [6.45, 7) is 4.61. The fourth-order valence-corrected chi connectivity index (χ4v) is 3.85. The normalized spacial score (nSPS) is 18.9. The number of likely N-dealkylation sites (tertiary alicyclic amines) is 1. The average molecular weight is 441 g/mol. The maximum Gasteiger partial charge on any atom is 0.233 e. The molecule has 1 unspecified atom stereocenters. The lowest BCUT2D eigenvalue weighted by Gasteiger charge is -2.23. The molecule has 0 aromatic carbocycles. The van der Waals surface area contributed by atoms with E-state index in [1.807, 2.05) is 29.5 Å². The summed E-state index contributed by atoms with van der Waals surface area (Å²) >= 11 is 0. The second-order valence-corrected chi connectivity index (χ2v) is 9.67. The number of aliphatic hydroxyl groups is 1. The second-order valence-electron chi connectivity index (χ2n) is 7.92. The van der Waals surface area contributed by atoms with Crippen molar-refractivity contribution in [2.24, 2.45) is 5.92 Å². The number of carbonyl (C=O) groups excluding carboxylic acids is 2. The van der Waals surface area contributed by atoms with Crippen LogP contribution in [0.3, 0.4) is 0 Å². The molecule has 1 heterocycles. The fraction of sp³-hybridized carbons (Fsp3) is 0.727. The highest BCUT2D eigenvalue weighted by Gasteiger charge is 2.28. The third kappa shape index (κ3) is 10.8. The molecule has 0 aromatic rings. The van der Waals surface area contributed by atoms with E-state index >= 15 is 0 Å². The van der Waals surface area contributed by atoms with E-state index in [0.717, 1.165) is 38.4 Å². The molecule has 3 atom stereocenters. The minimum Gasteiger partial charge on any atom is -0.389 e. The van der Waals surface area contributed by atoms with Crippen LogP contribution in [0, 0.1) is 17.8 Å². The van der Waals surface area contributed by atoms with Gasteiger partial charge in [-0.1, -0.05) is 38.8 Å². The molecule has 30 heavy (non-hydrogen) atoms. The molecular formula is C22H36N2O5S. The second kappa shape index (κ2) is 13.5. The molecular weight excluding hydrogens is 404 g/mol. The fourth-order valence-electron chi connectivity index (χ4n) is 3.34. The van der Waals surface area contributed by atoms with Crippen LogP contribution in [-0.2, 0) is 19.6 Å². The van der Waals surface area contributed by atoms with Crippen molar-refractivity contribution in [3.8, 4) is 11.8 Å². The zero-order chi connectivity index (χ0) is 22.6. The number of rotatable bonds is 12. The molecule has 0 saturated carbocycles. The summed E-state index contributed by atoms with van der Waals surface area (Å²) in [4.78, 5) is 25.5. The lowest BCUT2D eigenvalue weighted by Crippen LogP contribution is -2.33. The van der Waals surface area contributed by atoms with E-state index < -0.39 is 22.0 Å². The first kappa shape index (κ1) is 26.2. The summed E-state index contributed by atoms with van der Waals surface area (Å²) < 4.78 is 23.9. The summed E-state index contributed by atoms with van der Waals surface area (Å²) in [5.74, 6) is 5.77. The number of sulfonamides is 1. The zero-order valence-electron chi connectivity index (χ0n) is 18.4.